The summed E-state index contributed by atoms with van der Waals surface area (Å²) in [5.41, 5.74) is 6.79. The van der Waals surface area contributed by atoms with Crippen LogP contribution in [0.5, 0.6) is 0 Å². The SMILES string of the molecule is CN1CCOC(CNc2ccc(N)cc2C(=O)O)C1. The monoisotopic (exact) mass is 265 g/mol. The highest BCUT2D eigenvalue weighted by Crippen LogP contribution is 2.19. The van der Waals surface area contributed by atoms with Gasteiger partial charge in [0.25, 0.3) is 0 Å². The van der Waals surface area contributed by atoms with Crippen molar-refractivity contribution < 1.29 is 14.6 Å². The molecule has 1 aliphatic heterocycles. The first-order valence-corrected chi connectivity index (χ1v) is 6.23. The molecule has 1 aliphatic rings. The second-order valence-electron chi connectivity index (χ2n) is 4.75. The Bertz CT molecular complexity index is 464. The van der Waals surface area contributed by atoms with Gasteiger partial charge < -0.3 is 25.8 Å². The number of nitrogen functional groups attached to an aromatic ring is 1. The molecule has 104 valence electrons. The molecule has 1 unspecified atom stereocenters. The molecule has 0 bridgehead atoms. The van der Waals surface area contributed by atoms with E-state index < -0.39 is 5.97 Å². The first-order valence-electron chi connectivity index (χ1n) is 6.23. The summed E-state index contributed by atoms with van der Waals surface area (Å²) < 4.78 is 5.62. The van der Waals surface area contributed by atoms with Crippen molar-refractivity contribution in [2.75, 3.05) is 44.3 Å². The van der Waals surface area contributed by atoms with Gasteiger partial charge in [-0.1, -0.05) is 0 Å². The Kier molecular flexibility index (Phi) is 4.24. The van der Waals surface area contributed by atoms with Crippen molar-refractivity contribution in [3.05, 3.63) is 23.8 Å². The van der Waals surface area contributed by atoms with E-state index in [1.165, 1.54) is 6.07 Å². The van der Waals surface area contributed by atoms with Crippen LogP contribution >= 0.6 is 0 Å². The van der Waals surface area contributed by atoms with E-state index >= 15 is 0 Å². The Morgan fingerprint density at radius 2 is 2.42 bits per heavy atom. The molecule has 6 heteroatoms. The fourth-order valence-corrected chi connectivity index (χ4v) is 2.11. The number of benzene rings is 1. The summed E-state index contributed by atoms with van der Waals surface area (Å²) in [7, 11) is 2.04. The van der Waals surface area contributed by atoms with E-state index in [1.807, 2.05) is 7.05 Å². The number of morpholine rings is 1. The summed E-state index contributed by atoms with van der Waals surface area (Å²) in [5.74, 6) is -0.989. The summed E-state index contributed by atoms with van der Waals surface area (Å²) in [6.45, 7) is 3.05. The quantitative estimate of drug-likeness (QED) is 0.695. The van der Waals surface area contributed by atoms with Gasteiger partial charge in [-0.2, -0.15) is 0 Å². The number of hydrogen-bond donors (Lipinski definition) is 3. The predicted octanol–water partition coefficient (Wildman–Crippen LogP) is 0.709. The van der Waals surface area contributed by atoms with Crippen LogP contribution in [0.1, 0.15) is 10.4 Å². The van der Waals surface area contributed by atoms with Crippen LogP contribution in [0.25, 0.3) is 0 Å². The molecule has 1 aromatic rings. The lowest BCUT2D eigenvalue weighted by atomic mass is 10.1. The molecular weight excluding hydrogens is 246 g/mol. The Labute approximate surface area is 112 Å². The topological polar surface area (TPSA) is 87.8 Å². The number of nitrogens with zero attached hydrogens (tertiary/aromatic N) is 1. The lowest BCUT2D eigenvalue weighted by molar-refractivity contribution is -0.0117. The number of aromatic carboxylic acids is 1. The summed E-state index contributed by atoms with van der Waals surface area (Å²) in [6, 6.07) is 4.83. The van der Waals surface area contributed by atoms with Crippen LogP contribution in [0.4, 0.5) is 11.4 Å². The average molecular weight is 265 g/mol. The van der Waals surface area contributed by atoms with Gasteiger partial charge in [0.05, 0.1) is 18.3 Å². The fraction of sp³-hybridized carbons (Fsp3) is 0.462. The third-order valence-corrected chi connectivity index (χ3v) is 3.14. The maximum atomic E-state index is 11.1. The van der Waals surface area contributed by atoms with E-state index in [0.29, 0.717) is 24.5 Å². The highest BCUT2D eigenvalue weighted by Gasteiger charge is 2.18. The van der Waals surface area contributed by atoms with Gasteiger partial charge >= 0.3 is 5.97 Å². The highest BCUT2D eigenvalue weighted by atomic mass is 16.5. The number of anilines is 2. The number of ether oxygens (including phenoxy) is 1. The number of carboxylic acid groups (broad SMARTS) is 1. The molecule has 6 nitrogen and oxygen atoms in total. The highest BCUT2D eigenvalue weighted by molar-refractivity contribution is 5.95. The first kappa shape index (κ1) is 13.6. The Hall–Kier alpha value is -1.79. The van der Waals surface area contributed by atoms with Gasteiger partial charge in [0.1, 0.15) is 0 Å². The first-order chi connectivity index (χ1) is 9.06. The molecule has 2 rings (SSSR count). The molecule has 0 aliphatic carbocycles. The predicted molar refractivity (Wildman–Crippen MR) is 73.5 cm³/mol. The van der Waals surface area contributed by atoms with Gasteiger partial charge in [0, 0.05) is 31.0 Å². The summed E-state index contributed by atoms with van der Waals surface area (Å²) in [6.07, 6.45) is 0.0675. The van der Waals surface area contributed by atoms with Gasteiger partial charge in [0.15, 0.2) is 0 Å². The average Bonchev–Trinajstić information content (AvgIpc) is 2.37. The van der Waals surface area contributed by atoms with Gasteiger partial charge in [-0.3, -0.25) is 0 Å². The number of nitrogens with two attached hydrogens (primary N) is 1. The third kappa shape index (κ3) is 3.59. The number of hydrogen-bond acceptors (Lipinski definition) is 5. The Morgan fingerprint density at radius 3 is 3.11 bits per heavy atom. The van der Waals surface area contributed by atoms with Crippen molar-refractivity contribution >= 4 is 17.3 Å². The van der Waals surface area contributed by atoms with E-state index in [1.54, 1.807) is 12.1 Å². The molecule has 1 heterocycles. The number of carbonyl (C=O) groups is 1. The zero-order chi connectivity index (χ0) is 13.8. The van der Waals surface area contributed by atoms with E-state index in [4.69, 9.17) is 15.6 Å². The van der Waals surface area contributed by atoms with Crippen molar-refractivity contribution in [1.82, 2.24) is 4.90 Å². The summed E-state index contributed by atoms with van der Waals surface area (Å²) in [4.78, 5) is 13.3. The van der Waals surface area contributed by atoms with Crippen LogP contribution < -0.4 is 11.1 Å². The van der Waals surface area contributed by atoms with Crippen LogP contribution in [-0.2, 0) is 4.74 Å². The zero-order valence-electron chi connectivity index (χ0n) is 10.9. The molecule has 0 aromatic heterocycles. The van der Waals surface area contributed by atoms with Crippen molar-refractivity contribution in [2.45, 2.75) is 6.10 Å². The molecule has 0 saturated carbocycles. The largest absolute Gasteiger partial charge is 0.478 e. The van der Waals surface area contributed by atoms with E-state index in [2.05, 4.69) is 10.2 Å². The molecule has 1 fully saturated rings. The number of rotatable bonds is 4. The van der Waals surface area contributed by atoms with E-state index in [9.17, 15) is 4.79 Å². The van der Waals surface area contributed by atoms with Gasteiger partial charge in [-0.15, -0.1) is 0 Å². The van der Waals surface area contributed by atoms with Crippen LogP contribution in [0.2, 0.25) is 0 Å². The Balaban J connectivity index is 2.01. The second-order valence-corrected chi connectivity index (χ2v) is 4.75. The number of likely N-dealkylation sites (N-methyl/N-ethyl adjacent to an activating group) is 1. The molecule has 0 spiro atoms. The van der Waals surface area contributed by atoms with Gasteiger partial charge in [-0.05, 0) is 25.2 Å². The minimum Gasteiger partial charge on any atom is -0.478 e. The van der Waals surface area contributed by atoms with Gasteiger partial charge in [0.2, 0.25) is 0 Å². The zero-order valence-corrected chi connectivity index (χ0v) is 10.9. The number of carboxylic acids is 1. The maximum absolute atomic E-state index is 11.1. The summed E-state index contributed by atoms with van der Waals surface area (Å²) in [5, 5.41) is 12.3. The van der Waals surface area contributed by atoms with Crippen LogP contribution in [0.3, 0.4) is 0 Å². The molecule has 1 aromatic carbocycles. The van der Waals surface area contributed by atoms with Crippen LogP contribution in [-0.4, -0.2) is 55.4 Å². The van der Waals surface area contributed by atoms with Crippen LogP contribution in [0.15, 0.2) is 18.2 Å². The molecular formula is C13H19N3O3. The molecule has 1 saturated heterocycles. The molecule has 0 radical (unpaired) electrons. The molecule has 0 amide bonds. The smallest absolute Gasteiger partial charge is 0.337 e. The minimum atomic E-state index is -0.989. The molecule has 4 N–H and O–H groups in total. The lowest BCUT2D eigenvalue weighted by Crippen LogP contribution is -2.43. The van der Waals surface area contributed by atoms with E-state index in [0.717, 1.165) is 13.1 Å². The Morgan fingerprint density at radius 1 is 1.63 bits per heavy atom. The normalized spacial score (nSPS) is 20.2. The molecule has 19 heavy (non-hydrogen) atoms. The van der Waals surface area contributed by atoms with Crippen molar-refractivity contribution in [2.24, 2.45) is 0 Å². The second kappa shape index (κ2) is 5.90. The minimum absolute atomic E-state index is 0.0675. The van der Waals surface area contributed by atoms with Crippen LogP contribution in [0, 0.1) is 0 Å². The summed E-state index contributed by atoms with van der Waals surface area (Å²) >= 11 is 0. The maximum Gasteiger partial charge on any atom is 0.337 e. The van der Waals surface area contributed by atoms with Crippen molar-refractivity contribution in [1.29, 1.82) is 0 Å². The fourth-order valence-electron chi connectivity index (χ4n) is 2.11. The standard InChI is InChI=1S/C13H19N3O3/c1-16-4-5-19-10(8-16)7-15-12-3-2-9(14)6-11(12)13(17)18/h2-3,6,10,15H,4-5,7-8,14H2,1H3,(H,17,18). The van der Waals surface area contributed by atoms with Crippen molar-refractivity contribution in [3.8, 4) is 0 Å². The number of nitrogens with one attached hydrogen (secondary N) is 1. The van der Waals surface area contributed by atoms with Gasteiger partial charge in [-0.25, -0.2) is 4.79 Å². The molecule has 1 atom stereocenters. The third-order valence-electron chi connectivity index (χ3n) is 3.14. The van der Waals surface area contributed by atoms with E-state index in [-0.39, 0.29) is 11.7 Å². The lowest BCUT2D eigenvalue weighted by Gasteiger charge is -2.30. The van der Waals surface area contributed by atoms with Crippen molar-refractivity contribution in [3.63, 3.8) is 0 Å².